The second-order valence-electron chi connectivity index (χ2n) is 8.47. The van der Waals surface area contributed by atoms with Crippen molar-refractivity contribution in [3.63, 3.8) is 0 Å². The van der Waals surface area contributed by atoms with E-state index >= 15 is 0 Å². The van der Waals surface area contributed by atoms with Gasteiger partial charge in [-0.05, 0) is 53.0 Å². The lowest BCUT2D eigenvalue weighted by Gasteiger charge is -2.36. The Bertz CT molecular complexity index is 312. The molecule has 144 valence electrons. The monoisotopic (exact) mass is 341 g/mol. The Labute approximate surface area is 151 Å². The average molecular weight is 342 g/mol. The van der Waals surface area contributed by atoms with Crippen molar-refractivity contribution >= 4 is 0 Å². The first-order chi connectivity index (χ1) is 11.3. The van der Waals surface area contributed by atoms with Crippen LogP contribution in [0.1, 0.15) is 60.3 Å². The quantitative estimate of drug-likeness (QED) is 0.552. The van der Waals surface area contributed by atoms with Crippen LogP contribution >= 0.6 is 0 Å². The molecule has 0 radical (unpaired) electrons. The van der Waals surface area contributed by atoms with Gasteiger partial charge in [-0.25, -0.2) is 0 Å². The van der Waals surface area contributed by atoms with Crippen LogP contribution in [0.5, 0.6) is 0 Å². The summed E-state index contributed by atoms with van der Waals surface area (Å²) in [5, 5.41) is 3.64. The molecule has 0 bridgehead atoms. The van der Waals surface area contributed by atoms with Gasteiger partial charge in [-0.2, -0.15) is 0 Å². The number of nitrogens with one attached hydrogen (secondary N) is 1. The van der Waals surface area contributed by atoms with Gasteiger partial charge < -0.3 is 10.1 Å². The van der Waals surface area contributed by atoms with Crippen LogP contribution in [0.3, 0.4) is 0 Å². The number of hydrogen-bond donors (Lipinski definition) is 1. The Hall–Kier alpha value is -0.160. The van der Waals surface area contributed by atoms with E-state index in [0.717, 1.165) is 25.4 Å². The van der Waals surface area contributed by atoms with Crippen LogP contribution in [-0.2, 0) is 4.74 Å². The van der Waals surface area contributed by atoms with Crippen molar-refractivity contribution < 1.29 is 4.74 Å². The predicted molar refractivity (Wildman–Crippen MR) is 105 cm³/mol. The van der Waals surface area contributed by atoms with Crippen molar-refractivity contribution in [3.05, 3.63) is 0 Å². The van der Waals surface area contributed by atoms with E-state index in [2.05, 4.69) is 49.7 Å². The van der Waals surface area contributed by atoms with E-state index in [-0.39, 0.29) is 5.60 Å². The van der Waals surface area contributed by atoms with E-state index in [1.54, 1.807) is 0 Å². The molecule has 1 fully saturated rings. The van der Waals surface area contributed by atoms with Gasteiger partial charge in [0.25, 0.3) is 0 Å². The average Bonchev–Trinajstić information content (AvgIpc) is 2.54. The van der Waals surface area contributed by atoms with Crippen LogP contribution in [0.15, 0.2) is 0 Å². The zero-order valence-electron chi connectivity index (χ0n) is 17.2. The lowest BCUT2D eigenvalue weighted by molar-refractivity contribution is 0.0127. The van der Waals surface area contributed by atoms with Crippen LogP contribution in [0.4, 0.5) is 0 Å². The lowest BCUT2D eigenvalue weighted by atomic mass is 9.95. The summed E-state index contributed by atoms with van der Waals surface area (Å²) in [5.74, 6) is 0.805. The van der Waals surface area contributed by atoms with Crippen molar-refractivity contribution in [1.82, 2.24) is 15.1 Å². The molecule has 1 aliphatic rings. The molecule has 1 atom stereocenters. The third-order valence-corrected chi connectivity index (χ3v) is 5.58. The molecule has 1 aliphatic heterocycles. The highest BCUT2D eigenvalue weighted by Gasteiger charge is 2.18. The molecule has 1 N–H and O–H groups in total. The molecule has 1 saturated heterocycles. The summed E-state index contributed by atoms with van der Waals surface area (Å²) in [6.07, 6.45) is 5.02. The van der Waals surface area contributed by atoms with Gasteiger partial charge in [0.05, 0.1) is 5.60 Å². The molecule has 24 heavy (non-hydrogen) atoms. The summed E-state index contributed by atoms with van der Waals surface area (Å²) >= 11 is 0. The highest BCUT2D eigenvalue weighted by molar-refractivity contribution is 4.74. The second kappa shape index (κ2) is 11.5. The van der Waals surface area contributed by atoms with Gasteiger partial charge >= 0.3 is 0 Å². The molecule has 4 nitrogen and oxygen atoms in total. The van der Waals surface area contributed by atoms with Gasteiger partial charge in [0.1, 0.15) is 0 Å². The highest BCUT2D eigenvalue weighted by Crippen LogP contribution is 2.20. The lowest BCUT2D eigenvalue weighted by Crippen LogP contribution is -2.50. The maximum Gasteiger partial charge on any atom is 0.0622 e. The zero-order chi connectivity index (χ0) is 18.0. The van der Waals surface area contributed by atoms with E-state index in [9.17, 15) is 0 Å². The van der Waals surface area contributed by atoms with Crippen LogP contribution < -0.4 is 5.32 Å². The topological polar surface area (TPSA) is 27.7 Å². The summed E-state index contributed by atoms with van der Waals surface area (Å²) in [6.45, 7) is 19.7. The number of ether oxygens (including phenoxy) is 1. The molecule has 0 aromatic carbocycles. The smallest absolute Gasteiger partial charge is 0.0622 e. The number of hydrogen-bond acceptors (Lipinski definition) is 4. The van der Waals surface area contributed by atoms with Gasteiger partial charge in [0.2, 0.25) is 0 Å². The zero-order valence-corrected chi connectivity index (χ0v) is 17.2. The Morgan fingerprint density at radius 1 is 1.00 bits per heavy atom. The maximum atomic E-state index is 5.49. The first kappa shape index (κ1) is 21.9. The van der Waals surface area contributed by atoms with E-state index in [1.807, 2.05) is 7.11 Å². The third kappa shape index (κ3) is 9.36. The summed E-state index contributed by atoms with van der Waals surface area (Å²) < 4.78 is 5.49. The second-order valence-corrected chi connectivity index (χ2v) is 8.47. The number of methoxy groups -OCH3 is 1. The van der Waals surface area contributed by atoms with Crippen LogP contribution in [0.25, 0.3) is 0 Å². The summed E-state index contributed by atoms with van der Waals surface area (Å²) in [5.41, 5.74) is 0.0392. The van der Waals surface area contributed by atoms with E-state index in [0.29, 0.717) is 6.04 Å². The number of rotatable bonds is 12. The van der Waals surface area contributed by atoms with Crippen LogP contribution in [0.2, 0.25) is 0 Å². The minimum atomic E-state index is 0.0392. The summed E-state index contributed by atoms with van der Waals surface area (Å²) in [6, 6.07) is 0.696. The van der Waals surface area contributed by atoms with Crippen molar-refractivity contribution in [1.29, 1.82) is 0 Å². The Morgan fingerprint density at radius 2 is 1.67 bits per heavy atom. The van der Waals surface area contributed by atoms with E-state index < -0.39 is 0 Å². The Kier molecular flexibility index (Phi) is 10.4. The molecule has 0 saturated carbocycles. The van der Waals surface area contributed by atoms with Crippen LogP contribution in [-0.4, -0.2) is 74.4 Å². The van der Waals surface area contributed by atoms with Gasteiger partial charge in [-0.1, -0.05) is 19.8 Å². The van der Waals surface area contributed by atoms with Gasteiger partial charge in [-0.15, -0.1) is 0 Å². The maximum absolute atomic E-state index is 5.49. The highest BCUT2D eigenvalue weighted by atomic mass is 16.5. The summed E-state index contributed by atoms with van der Waals surface area (Å²) in [7, 11) is 1.82. The molecule has 0 amide bonds. The van der Waals surface area contributed by atoms with Gasteiger partial charge in [0.15, 0.2) is 0 Å². The van der Waals surface area contributed by atoms with Gasteiger partial charge in [-0.3, -0.25) is 9.80 Å². The van der Waals surface area contributed by atoms with E-state index in [4.69, 9.17) is 4.74 Å². The standard InChI is InChI=1S/C20H43N3O/c1-18(2)23-16-14-22(15-17-23)13-12-21-11-9-19(3)8-7-10-20(4,5)24-6/h18-19,21H,7-17H2,1-6H3. The normalized spacial score (nSPS) is 19.1. The summed E-state index contributed by atoms with van der Waals surface area (Å²) in [4.78, 5) is 5.18. The van der Waals surface area contributed by atoms with Gasteiger partial charge in [0, 0.05) is 52.4 Å². The van der Waals surface area contributed by atoms with Crippen molar-refractivity contribution in [2.45, 2.75) is 71.9 Å². The van der Waals surface area contributed by atoms with Crippen molar-refractivity contribution in [3.8, 4) is 0 Å². The van der Waals surface area contributed by atoms with Crippen LogP contribution in [0, 0.1) is 5.92 Å². The number of piperazine rings is 1. The van der Waals surface area contributed by atoms with Crippen molar-refractivity contribution in [2.75, 3.05) is 52.9 Å². The largest absolute Gasteiger partial charge is 0.379 e. The molecule has 1 unspecified atom stereocenters. The van der Waals surface area contributed by atoms with E-state index in [1.165, 1.54) is 52.0 Å². The number of nitrogens with zero attached hydrogens (tertiary/aromatic N) is 2. The first-order valence-electron chi connectivity index (χ1n) is 10.1. The third-order valence-electron chi connectivity index (χ3n) is 5.58. The Balaban J connectivity index is 1.96. The van der Waals surface area contributed by atoms with Crippen molar-refractivity contribution in [2.24, 2.45) is 5.92 Å². The molecule has 1 heterocycles. The predicted octanol–water partition coefficient (Wildman–Crippen LogP) is 3.22. The molecular weight excluding hydrogens is 298 g/mol. The molecular formula is C20H43N3O. The minimum absolute atomic E-state index is 0.0392. The molecule has 0 aromatic heterocycles. The molecule has 1 rings (SSSR count). The Morgan fingerprint density at radius 3 is 2.25 bits per heavy atom. The fourth-order valence-electron chi connectivity index (χ4n) is 3.34. The fourth-order valence-corrected chi connectivity index (χ4v) is 3.34. The molecule has 0 spiro atoms. The molecule has 4 heteroatoms. The first-order valence-corrected chi connectivity index (χ1v) is 10.1. The molecule has 0 aromatic rings. The molecule has 0 aliphatic carbocycles. The SMILES string of the molecule is COC(C)(C)CCCC(C)CCNCCN1CCN(C(C)C)CC1. The minimum Gasteiger partial charge on any atom is -0.379 e. The fraction of sp³-hybridized carbons (Fsp3) is 1.00.